The molecule has 0 spiro atoms. The van der Waals surface area contributed by atoms with E-state index < -0.39 is 16.6 Å². The van der Waals surface area contributed by atoms with E-state index in [0.717, 1.165) is 5.56 Å². The zero-order valence-corrected chi connectivity index (χ0v) is 10.0. The molecule has 0 atom stereocenters. The highest BCUT2D eigenvalue weighted by Gasteiger charge is 2.29. The van der Waals surface area contributed by atoms with E-state index in [1.54, 1.807) is 12.4 Å². The minimum Gasteiger partial charge on any atom is -0.499 e. The van der Waals surface area contributed by atoms with Gasteiger partial charge in [0.15, 0.2) is 12.4 Å². The first-order valence-corrected chi connectivity index (χ1v) is 5.37. The monoisotopic (exact) mass is 232 g/mol. The Balaban J connectivity index is 2.45. The van der Waals surface area contributed by atoms with Crippen LogP contribution >= 0.6 is 0 Å². The largest absolute Gasteiger partial charge is 0.499 e. The zero-order chi connectivity index (χ0) is 12.8. The van der Waals surface area contributed by atoms with E-state index in [-0.39, 0.29) is 11.1 Å². The fourth-order valence-electron chi connectivity index (χ4n) is 1.68. The van der Waals surface area contributed by atoms with Crippen molar-refractivity contribution in [2.24, 2.45) is 0 Å². The van der Waals surface area contributed by atoms with Crippen LogP contribution in [0.5, 0.6) is 5.75 Å². The van der Waals surface area contributed by atoms with Gasteiger partial charge >= 0.3 is 11.1 Å². The summed E-state index contributed by atoms with van der Waals surface area (Å²) in [4.78, 5) is 22.2. The molecule has 1 aromatic carbocycles. The van der Waals surface area contributed by atoms with Gasteiger partial charge < -0.3 is 5.11 Å². The first-order chi connectivity index (χ1) is 7.82. The molecule has 0 fully saturated rings. The molecular weight excluding hydrogens is 218 g/mol. The summed E-state index contributed by atoms with van der Waals surface area (Å²) in [6.45, 7) is 6.25. The lowest BCUT2D eigenvalue weighted by molar-refractivity contribution is -0.598. The number of rotatable bonds is 1. The second-order valence-corrected chi connectivity index (χ2v) is 5.10. The predicted molar refractivity (Wildman–Crippen MR) is 63.3 cm³/mol. The second kappa shape index (κ2) is 3.52. The lowest BCUT2D eigenvalue weighted by Crippen LogP contribution is -2.46. The van der Waals surface area contributed by atoms with Crippen LogP contribution in [0.4, 0.5) is 0 Å². The molecule has 0 bridgehead atoms. The molecule has 0 radical (unpaired) electrons. The number of aromatic nitrogens is 1. The Morgan fingerprint density at radius 2 is 1.59 bits per heavy atom. The van der Waals surface area contributed by atoms with Crippen molar-refractivity contribution in [3.8, 4) is 11.4 Å². The molecular formula is C13H14NO3+. The number of pyridine rings is 1. The van der Waals surface area contributed by atoms with Crippen LogP contribution in [0.15, 0.2) is 34.1 Å². The minimum absolute atomic E-state index is 0.0228. The van der Waals surface area contributed by atoms with Crippen molar-refractivity contribution in [2.75, 3.05) is 0 Å². The van der Waals surface area contributed by atoms with Gasteiger partial charge in [0.1, 0.15) is 0 Å². The van der Waals surface area contributed by atoms with Crippen LogP contribution in [0.2, 0.25) is 0 Å². The van der Waals surface area contributed by atoms with Crippen molar-refractivity contribution >= 4 is 0 Å². The third kappa shape index (κ3) is 1.75. The normalized spacial score (nSPS) is 11.9. The van der Waals surface area contributed by atoms with Gasteiger partial charge in [-0.25, -0.2) is 0 Å². The Morgan fingerprint density at radius 1 is 1.06 bits per heavy atom. The van der Waals surface area contributed by atoms with Gasteiger partial charge in [0.25, 0.3) is 5.43 Å². The molecule has 4 heteroatoms. The van der Waals surface area contributed by atoms with Gasteiger partial charge in [-0.05, 0) is 11.0 Å². The van der Waals surface area contributed by atoms with E-state index in [1.807, 2.05) is 12.1 Å². The molecule has 1 N–H and O–H groups in total. The summed E-state index contributed by atoms with van der Waals surface area (Å²) in [7, 11) is 0. The molecule has 0 aliphatic heterocycles. The molecule has 1 aromatic heterocycles. The Morgan fingerprint density at radius 3 is 2.00 bits per heavy atom. The lowest BCUT2D eigenvalue weighted by atomic mass is 9.88. The van der Waals surface area contributed by atoms with Crippen LogP contribution in [-0.2, 0) is 5.41 Å². The maximum absolute atomic E-state index is 11.3. The summed E-state index contributed by atoms with van der Waals surface area (Å²) in [5.41, 5.74) is -0.264. The quantitative estimate of drug-likeness (QED) is 0.577. The standard InChI is InChI=1S/C13H13NO3/c1-13(2,3)8-4-6-14(7-5-8)9-10(15)12(17)11(9)16/h4-7H,1-3H3/p+1. The average Bonchev–Trinajstić information content (AvgIpc) is 2.28. The summed E-state index contributed by atoms with van der Waals surface area (Å²) in [6, 6.07) is 3.74. The van der Waals surface area contributed by atoms with Crippen LogP contribution in [0, 0.1) is 0 Å². The summed E-state index contributed by atoms with van der Waals surface area (Å²) in [5, 5.41) is 9.32. The van der Waals surface area contributed by atoms with Crippen molar-refractivity contribution in [2.45, 2.75) is 26.2 Å². The van der Waals surface area contributed by atoms with E-state index >= 15 is 0 Å². The fraction of sp³-hybridized carbons (Fsp3) is 0.308. The highest BCUT2D eigenvalue weighted by molar-refractivity contribution is 5.44. The van der Waals surface area contributed by atoms with E-state index in [0.29, 0.717) is 0 Å². The third-order valence-electron chi connectivity index (χ3n) is 2.81. The molecule has 4 nitrogen and oxygen atoms in total. The van der Waals surface area contributed by atoms with Crippen LogP contribution in [0.3, 0.4) is 0 Å². The Bertz CT molecular complexity index is 626. The van der Waals surface area contributed by atoms with Gasteiger partial charge in [-0.2, -0.15) is 4.57 Å². The first-order valence-electron chi connectivity index (χ1n) is 5.37. The maximum atomic E-state index is 11.3. The summed E-state index contributed by atoms with van der Waals surface area (Å²) in [5.74, 6) is -0.455. The van der Waals surface area contributed by atoms with Gasteiger partial charge in [0.05, 0.1) is 0 Å². The number of hydrogen-bond donors (Lipinski definition) is 1. The minimum atomic E-state index is -0.813. The molecule has 17 heavy (non-hydrogen) atoms. The molecule has 1 heterocycles. The maximum Gasteiger partial charge on any atom is 0.309 e. The average molecular weight is 232 g/mol. The molecule has 2 aromatic rings. The molecule has 0 aliphatic rings. The van der Waals surface area contributed by atoms with Crippen molar-refractivity contribution in [3.63, 3.8) is 0 Å². The highest BCUT2D eigenvalue weighted by Crippen LogP contribution is 2.20. The smallest absolute Gasteiger partial charge is 0.309 e. The van der Waals surface area contributed by atoms with Crippen molar-refractivity contribution in [3.05, 3.63) is 50.5 Å². The molecule has 88 valence electrons. The molecule has 0 saturated carbocycles. The second-order valence-electron chi connectivity index (χ2n) is 5.10. The van der Waals surface area contributed by atoms with Crippen molar-refractivity contribution < 1.29 is 9.67 Å². The number of hydrogen-bond acceptors (Lipinski definition) is 3. The van der Waals surface area contributed by atoms with Gasteiger partial charge in [-0.3, -0.25) is 9.59 Å². The summed E-state index contributed by atoms with van der Waals surface area (Å²) in [6.07, 6.45) is 3.35. The highest BCUT2D eigenvalue weighted by atomic mass is 16.3. The summed E-state index contributed by atoms with van der Waals surface area (Å²) < 4.78 is 1.47. The van der Waals surface area contributed by atoms with Crippen LogP contribution in [0.1, 0.15) is 26.3 Å². The molecule has 0 unspecified atom stereocenters. The number of aromatic hydroxyl groups is 1. The molecule has 0 amide bonds. The third-order valence-corrected chi connectivity index (χ3v) is 2.81. The fourth-order valence-corrected chi connectivity index (χ4v) is 1.68. The van der Waals surface area contributed by atoms with Crippen LogP contribution < -0.4 is 15.4 Å². The summed E-state index contributed by atoms with van der Waals surface area (Å²) >= 11 is 0. The van der Waals surface area contributed by atoms with Crippen molar-refractivity contribution in [1.29, 1.82) is 0 Å². The number of nitrogens with zero attached hydrogens (tertiary/aromatic N) is 1. The Kier molecular flexibility index (Phi) is 2.38. The van der Waals surface area contributed by atoms with Crippen LogP contribution in [0.25, 0.3) is 5.69 Å². The molecule has 0 saturated heterocycles. The van der Waals surface area contributed by atoms with Gasteiger partial charge in [0, 0.05) is 12.1 Å². The van der Waals surface area contributed by atoms with E-state index in [2.05, 4.69) is 20.8 Å². The van der Waals surface area contributed by atoms with Gasteiger partial charge in [-0.1, -0.05) is 20.8 Å². The van der Waals surface area contributed by atoms with Gasteiger partial charge in [0.2, 0.25) is 5.75 Å². The van der Waals surface area contributed by atoms with E-state index in [9.17, 15) is 14.7 Å². The molecule has 2 rings (SSSR count). The first kappa shape index (κ1) is 11.5. The molecule has 0 aliphatic carbocycles. The van der Waals surface area contributed by atoms with E-state index in [4.69, 9.17) is 0 Å². The van der Waals surface area contributed by atoms with Crippen LogP contribution in [-0.4, -0.2) is 5.11 Å². The zero-order valence-electron chi connectivity index (χ0n) is 10.0. The SMILES string of the molecule is CC(C)(C)c1cc[n+](-c2c(O)c(=O)c2=O)cc1. The van der Waals surface area contributed by atoms with Gasteiger partial charge in [-0.15, -0.1) is 0 Å². The lowest BCUT2D eigenvalue weighted by Gasteiger charge is -2.17. The Hall–Kier alpha value is -1.97. The van der Waals surface area contributed by atoms with Crippen molar-refractivity contribution in [1.82, 2.24) is 0 Å². The Labute approximate surface area is 98.5 Å². The van der Waals surface area contributed by atoms with E-state index in [1.165, 1.54) is 4.57 Å². The topological polar surface area (TPSA) is 58.2 Å². The predicted octanol–water partition coefficient (Wildman–Crippen LogP) is 0.562.